The van der Waals surface area contributed by atoms with Gasteiger partial charge in [-0.05, 0) is 12.1 Å². The summed E-state index contributed by atoms with van der Waals surface area (Å²) in [5, 5.41) is 4.46. The number of para-hydroxylation sites is 1. The smallest absolute Gasteiger partial charge is 0.240 e. The Kier molecular flexibility index (Phi) is 5.98. The van der Waals surface area contributed by atoms with E-state index in [1.807, 2.05) is 18.2 Å². The molecule has 1 aromatic heterocycles. The minimum absolute atomic E-state index is 0.175. The molecule has 0 radical (unpaired) electrons. The number of piperazine rings is 1. The van der Waals surface area contributed by atoms with Crippen LogP contribution in [0.15, 0.2) is 18.2 Å². The number of halogens is 1. The molecule has 2 aromatic rings. The van der Waals surface area contributed by atoms with E-state index in [-0.39, 0.29) is 37.1 Å². The predicted molar refractivity (Wildman–Crippen MR) is 112 cm³/mol. The van der Waals surface area contributed by atoms with Crippen LogP contribution in [0.2, 0.25) is 5.02 Å². The summed E-state index contributed by atoms with van der Waals surface area (Å²) < 4.78 is 1.09. The molecule has 3 amide bonds. The standard InChI is InChI=1S/C19H22ClN5O3S/c20-13-2-1-3-14-18(13)22-19(29-14)24-10-8-23(9-11-24)7-6-21-15(26)12-25-16(27)4-5-17(25)28/h1-3H,4-12H2,(H,21,26). The highest BCUT2D eigenvalue weighted by molar-refractivity contribution is 7.22. The van der Waals surface area contributed by atoms with Crippen LogP contribution in [0, 0.1) is 0 Å². The first-order chi connectivity index (χ1) is 14.0. The van der Waals surface area contributed by atoms with Crippen molar-refractivity contribution in [1.29, 1.82) is 0 Å². The van der Waals surface area contributed by atoms with Gasteiger partial charge in [-0.25, -0.2) is 4.98 Å². The highest BCUT2D eigenvalue weighted by Crippen LogP contribution is 2.33. The Bertz CT molecular complexity index is 925. The average molecular weight is 436 g/mol. The number of nitrogens with zero attached hydrogens (tertiary/aromatic N) is 4. The lowest BCUT2D eigenvalue weighted by Gasteiger charge is -2.34. The summed E-state index contributed by atoms with van der Waals surface area (Å²) in [5.41, 5.74) is 0.856. The molecule has 10 heteroatoms. The van der Waals surface area contributed by atoms with Crippen LogP contribution in [0.4, 0.5) is 5.13 Å². The topological polar surface area (TPSA) is 85.8 Å². The second kappa shape index (κ2) is 8.64. The Balaban J connectivity index is 1.21. The maximum Gasteiger partial charge on any atom is 0.240 e. The Morgan fingerprint density at radius 3 is 2.55 bits per heavy atom. The van der Waals surface area contributed by atoms with Gasteiger partial charge in [0.15, 0.2) is 5.13 Å². The van der Waals surface area contributed by atoms with Gasteiger partial charge in [0.1, 0.15) is 12.1 Å². The third-order valence-corrected chi connectivity index (χ3v) is 6.59. The van der Waals surface area contributed by atoms with Gasteiger partial charge in [0.05, 0.1) is 9.72 Å². The number of amides is 3. The second-order valence-corrected chi connectivity index (χ2v) is 8.55. The summed E-state index contributed by atoms with van der Waals surface area (Å²) in [7, 11) is 0. The minimum atomic E-state index is -0.293. The lowest BCUT2D eigenvalue weighted by atomic mass is 10.3. The zero-order valence-electron chi connectivity index (χ0n) is 15.9. The van der Waals surface area contributed by atoms with E-state index < -0.39 is 0 Å². The summed E-state index contributed by atoms with van der Waals surface area (Å²) in [4.78, 5) is 45.4. The van der Waals surface area contributed by atoms with Gasteiger partial charge in [0.25, 0.3) is 0 Å². The quantitative estimate of drug-likeness (QED) is 0.689. The summed E-state index contributed by atoms with van der Waals surface area (Å²) in [5.74, 6) is -0.826. The van der Waals surface area contributed by atoms with Gasteiger partial charge in [-0.3, -0.25) is 24.2 Å². The number of aromatic nitrogens is 1. The monoisotopic (exact) mass is 435 g/mol. The molecule has 0 saturated carbocycles. The summed E-state index contributed by atoms with van der Waals surface area (Å²) in [6.45, 7) is 4.53. The molecule has 154 valence electrons. The number of benzene rings is 1. The number of imide groups is 1. The first-order valence-electron chi connectivity index (χ1n) is 9.63. The molecule has 2 saturated heterocycles. The summed E-state index contributed by atoms with van der Waals surface area (Å²) in [6, 6.07) is 5.83. The molecular weight excluding hydrogens is 414 g/mol. The number of hydrogen-bond acceptors (Lipinski definition) is 7. The zero-order chi connectivity index (χ0) is 20.4. The number of carbonyl (C=O) groups excluding carboxylic acids is 3. The van der Waals surface area contributed by atoms with Crippen LogP contribution in [-0.4, -0.2) is 78.3 Å². The van der Waals surface area contributed by atoms with Crippen LogP contribution in [0.25, 0.3) is 10.2 Å². The zero-order valence-corrected chi connectivity index (χ0v) is 17.5. The fourth-order valence-electron chi connectivity index (χ4n) is 3.55. The van der Waals surface area contributed by atoms with Gasteiger partial charge >= 0.3 is 0 Å². The van der Waals surface area contributed by atoms with Gasteiger partial charge in [-0.15, -0.1) is 0 Å². The Hall–Kier alpha value is -2.23. The molecule has 2 fully saturated rings. The van der Waals surface area contributed by atoms with E-state index in [1.165, 1.54) is 0 Å². The molecule has 1 N–H and O–H groups in total. The molecule has 0 bridgehead atoms. The van der Waals surface area contributed by atoms with E-state index in [2.05, 4.69) is 20.1 Å². The van der Waals surface area contributed by atoms with Gasteiger partial charge in [0, 0.05) is 52.1 Å². The Morgan fingerprint density at radius 2 is 1.86 bits per heavy atom. The SMILES string of the molecule is O=C(CN1C(=O)CCC1=O)NCCN1CCN(c2nc3c(Cl)cccc3s2)CC1. The van der Waals surface area contributed by atoms with Crippen LogP contribution in [-0.2, 0) is 14.4 Å². The van der Waals surface area contributed by atoms with Gasteiger partial charge in [-0.2, -0.15) is 0 Å². The van der Waals surface area contributed by atoms with Crippen LogP contribution in [0.1, 0.15) is 12.8 Å². The third kappa shape index (κ3) is 4.52. The van der Waals surface area contributed by atoms with Crippen molar-refractivity contribution in [2.45, 2.75) is 12.8 Å². The van der Waals surface area contributed by atoms with E-state index in [0.29, 0.717) is 11.6 Å². The van der Waals surface area contributed by atoms with Crippen molar-refractivity contribution < 1.29 is 14.4 Å². The van der Waals surface area contributed by atoms with Crippen molar-refractivity contribution in [3.05, 3.63) is 23.2 Å². The molecule has 0 unspecified atom stereocenters. The molecule has 0 atom stereocenters. The molecular formula is C19H22ClN5O3S. The fraction of sp³-hybridized carbons (Fsp3) is 0.474. The second-order valence-electron chi connectivity index (χ2n) is 7.14. The predicted octanol–water partition coefficient (Wildman–Crippen LogP) is 1.34. The number of rotatable bonds is 6. The van der Waals surface area contributed by atoms with Crippen molar-refractivity contribution in [3.8, 4) is 0 Å². The van der Waals surface area contributed by atoms with E-state index in [1.54, 1.807) is 11.3 Å². The summed E-state index contributed by atoms with van der Waals surface area (Å²) in [6.07, 6.45) is 0.411. The molecule has 4 rings (SSSR count). The largest absolute Gasteiger partial charge is 0.353 e. The minimum Gasteiger partial charge on any atom is -0.353 e. The van der Waals surface area contributed by atoms with E-state index >= 15 is 0 Å². The number of nitrogens with one attached hydrogen (secondary N) is 1. The summed E-state index contributed by atoms with van der Waals surface area (Å²) >= 11 is 7.88. The number of thiazole rings is 1. The van der Waals surface area contributed by atoms with Crippen molar-refractivity contribution in [2.24, 2.45) is 0 Å². The van der Waals surface area contributed by atoms with Crippen molar-refractivity contribution in [2.75, 3.05) is 50.7 Å². The number of likely N-dealkylation sites (tertiary alicyclic amines) is 1. The molecule has 29 heavy (non-hydrogen) atoms. The number of hydrogen-bond donors (Lipinski definition) is 1. The van der Waals surface area contributed by atoms with E-state index in [4.69, 9.17) is 11.6 Å². The van der Waals surface area contributed by atoms with Crippen molar-refractivity contribution >= 4 is 56.0 Å². The lowest BCUT2D eigenvalue weighted by Crippen LogP contribution is -2.49. The van der Waals surface area contributed by atoms with Crippen molar-refractivity contribution in [1.82, 2.24) is 20.1 Å². The first-order valence-corrected chi connectivity index (χ1v) is 10.8. The highest BCUT2D eigenvalue weighted by Gasteiger charge is 2.30. The molecule has 0 spiro atoms. The molecule has 2 aliphatic heterocycles. The fourth-order valence-corrected chi connectivity index (χ4v) is 4.87. The first kappa shape index (κ1) is 20.1. The van der Waals surface area contributed by atoms with Crippen molar-refractivity contribution in [3.63, 3.8) is 0 Å². The van der Waals surface area contributed by atoms with E-state index in [0.717, 1.165) is 53.0 Å². The van der Waals surface area contributed by atoms with Crippen LogP contribution in [0.5, 0.6) is 0 Å². The van der Waals surface area contributed by atoms with Gasteiger partial charge in [0.2, 0.25) is 17.7 Å². The highest BCUT2D eigenvalue weighted by atomic mass is 35.5. The molecule has 8 nitrogen and oxygen atoms in total. The molecule has 2 aliphatic rings. The maximum atomic E-state index is 12.0. The van der Waals surface area contributed by atoms with Crippen LogP contribution in [0.3, 0.4) is 0 Å². The molecule has 3 heterocycles. The third-order valence-electron chi connectivity index (χ3n) is 5.21. The average Bonchev–Trinajstić information content (AvgIpc) is 3.28. The lowest BCUT2D eigenvalue weighted by molar-refractivity contribution is -0.142. The van der Waals surface area contributed by atoms with Crippen LogP contribution < -0.4 is 10.2 Å². The Labute approximate surface area is 177 Å². The van der Waals surface area contributed by atoms with Gasteiger partial charge in [-0.1, -0.05) is 29.0 Å². The Morgan fingerprint density at radius 1 is 1.14 bits per heavy atom. The maximum absolute atomic E-state index is 12.0. The van der Waals surface area contributed by atoms with Gasteiger partial charge < -0.3 is 10.2 Å². The molecule has 0 aliphatic carbocycles. The van der Waals surface area contributed by atoms with Crippen LogP contribution >= 0.6 is 22.9 Å². The molecule has 1 aromatic carbocycles. The normalized spacial score (nSPS) is 18.1. The number of fused-ring (bicyclic) bond motifs is 1. The van der Waals surface area contributed by atoms with E-state index in [9.17, 15) is 14.4 Å². The number of carbonyl (C=O) groups is 3. The number of anilines is 1.